The topological polar surface area (TPSA) is 55.8 Å². The summed E-state index contributed by atoms with van der Waals surface area (Å²) in [5, 5.41) is 2.03. The molecule has 0 aromatic carbocycles. The van der Waals surface area contributed by atoms with Gasteiger partial charge in [0.1, 0.15) is 5.82 Å². The van der Waals surface area contributed by atoms with Crippen LogP contribution in [0.3, 0.4) is 0 Å². The number of hydrogen-bond donors (Lipinski definition) is 0. The zero-order chi connectivity index (χ0) is 19.7. The van der Waals surface area contributed by atoms with E-state index >= 15 is 0 Å². The lowest BCUT2D eigenvalue weighted by atomic mass is 10.2. The molecular formula is C20H28N6OS. The fourth-order valence-electron chi connectivity index (χ4n) is 3.68. The first-order chi connectivity index (χ1) is 13.5. The Morgan fingerprint density at radius 1 is 0.929 bits per heavy atom. The average Bonchev–Trinajstić information content (AvgIpc) is 3.14. The van der Waals surface area contributed by atoms with Gasteiger partial charge in [-0.2, -0.15) is 4.98 Å². The number of anilines is 2. The highest BCUT2D eigenvalue weighted by molar-refractivity contribution is 7.12. The highest BCUT2D eigenvalue weighted by Gasteiger charge is 2.25. The fraction of sp³-hybridized carbons (Fsp3) is 0.550. The molecule has 7 nitrogen and oxygen atoms in total. The number of rotatable bonds is 3. The summed E-state index contributed by atoms with van der Waals surface area (Å²) in [4.78, 5) is 31.9. The second kappa shape index (κ2) is 8.05. The summed E-state index contributed by atoms with van der Waals surface area (Å²) in [6.07, 6.45) is 0. The Bertz CT molecular complexity index is 837. The van der Waals surface area contributed by atoms with Crippen LogP contribution in [0, 0.1) is 13.8 Å². The highest BCUT2D eigenvalue weighted by atomic mass is 32.1. The van der Waals surface area contributed by atoms with Gasteiger partial charge in [-0.05, 0) is 37.9 Å². The third kappa shape index (κ3) is 4.12. The number of aromatic nitrogens is 2. The molecule has 0 atom stereocenters. The van der Waals surface area contributed by atoms with Crippen molar-refractivity contribution in [3.63, 3.8) is 0 Å². The lowest BCUT2D eigenvalue weighted by Crippen LogP contribution is -2.49. The van der Waals surface area contributed by atoms with E-state index in [0.717, 1.165) is 67.2 Å². The van der Waals surface area contributed by atoms with Gasteiger partial charge in [-0.15, -0.1) is 11.3 Å². The Kier molecular flexibility index (Phi) is 5.50. The van der Waals surface area contributed by atoms with E-state index in [4.69, 9.17) is 4.98 Å². The average molecular weight is 401 g/mol. The Morgan fingerprint density at radius 2 is 1.61 bits per heavy atom. The molecule has 2 aromatic heterocycles. The minimum Gasteiger partial charge on any atom is -0.354 e. The first-order valence-electron chi connectivity index (χ1n) is 9.88. The van der Waals surface area contributed by atoms with Gasteiger partial charge in [0.15, 0.2) is 0 Å². The lowest BCUT2D eigenvalue weighted by Gasteiger charge is -2.36. The Hall–Kier alpha value is -2.19. The van der Waals surface area contributed by atoms with Gasteiger partial charge in [0, 0.05) is 64.1 Å². The summed E-state index contributed by atoms with van der Waals surface area (Å²) in [5.74, 6) is 1.94. The van der Waals surface area contributed by atoms with E-state index in [0.29, 0.717) is 13.1 Å². The molecule has 0 unspecified atom stereocenters. The SMILES string of the molecule is Cc1csc(C(=O)N2CCN(c3nc(C)cc(N4CCN(C)CC4)n3)CC2)c1. The van der Waals surface area contributed by atoms with Crippen molar-refractivity contribution in [2.24, 2.45) is 0 Å². The molecule has 0 N–H and O–H groups in total. The van der Waals surface area contributed by atoms with Gasteiger partial charge in [-0.25, -0.2) is 4.98 Å². The summed E-state index contributed by atoms with van der Waals surface area (Å²) in [6.45, 7) is 11.1. The Labute approximate surface area is 170 Å². The van der Waals surface area contributed by atoms with Crippen molar-refractivity contribution in [2.75, 3.05) is 69.2 Å². The Morgan fingerprint density at radius 3 is 2.25 bits per heavy atom. The van der Waals surface area contributed by atoms with Crippen LogP contribution in [0.25, 0.3) is 0 Å². The zero-order valence-corrected chi connectivity index (χ0v) is 17.7. The van der Waals surface area contributed by atoms with Crippen molar-refractivity contribution < 1.29 is 4.79 Å². The van der Waals surface area contributed by atoms with E-state index in [1.54, 1.807) is 0 Å². The molecule has 28 heavy (non-hydrogen) atoms. The van der Waals surface area contributed by atoms with Gasteiger partial charge in [-0.1, -0.05) is 0 Å². The maximum Gasteiger partial charge on any atom is 0.264 e. The largest absolute Gasteiger partial charge is 0.354 e. The predicted molar refractivity (Wildman–Crippen MR) is 114 cm³/mol. The van der Waals surface area contributed by atoms with E-state index in [1.807, 2.05) is 30.2 Å². The third-order valence-corrected chi connectivity index (χ3v) is 6.48. The quantitative estimate of drug-likeness (QED) is 0.784. The molecule has 150 valence electrons. The summed E-state index contributed by atoms with van der Waals surface area (Å²) >= 11 is 1.53. The highest BCUT2D eigenvalue weighted by Crippen LogP contribution is 2.21. The van der Waals surface area contributed by atoms with E-state index in [1.165, 1.54) is 11.3 Å². The zero-order valence-electron chi connectivity index (χ0n) is 16.9. The van der Waals surface area contributed by atoms with Crippen LogP contribution < -0.4 is 9.80 Å². The van der Waals surface area contributed by atoms with Gasteiger partial charge in [0.25, 0.3) is 5.91 Å². The first kappa shape index (κ1) is 19.1. The maximum atomic E-state index is 12.7. The molecule has 2 aliphatic rings. The number of aryl methyl sites for hydroxylation is 2. The second-order valence-electron chi connectivity index (χ2n) is 7.73. The molecule has 0 spiro atoms. The van der Waals surface area contributed by atoms with Crippen molar-refractivity contribution >= 4 is 29.0 Å². The molecule has 1 amide bonds. The number of piperazine rings is 2. The van der Waals surface area contributed by atoms with Gasteiger partial charge in [-0.3, -0.25) is 4.79 Å². The van der Waals surface area contributed by atoms with Crippen molar-refractivity contribution in [1.29, 1.82) is 0 Å². The number of thiophene rings is 1. The maximum absolute atomic E-state index is 12.7. The predicted octanol–water partition coefficient (Wildman–Crippen LogP) is 1.87. The molecule has 0 saturated carbocycles. The first-order valence-corrected chi connectivity index (χ1v) is 10.8. The van der Waals surface area contributed by atoms with E-state index in [9.17, 15) is 4.79 Å². The van der Waals surface area contributed by atoms with Gasteiger partial charge in [0.2, 0.25) is 5.95 Å². The van der Waals surface area contributed by atoms with Crippen LogP contribution in [0.2, 0.25) is 0 Å². The number of nitrogens with zero attached hydrogens (tertiary/aromatic N) is 6. The summed E-state index contributed by atoms with van der Waals surface area (Å²) in [5.41, 5.74) is 2.14. The third-order valence-electron chi connectivity index (χ3n) is 5.45. The number of likely N-dealkylation sites (N-methyl/N-ethyl adjacent to an activating group) is 1. The number of amides is 1. The number of hydrogen-bond acceptors (Lipinski definition) is 7. The molecule has 2 aromatic rings. The van der Waals surface area contributed by atoms with Crippen LogP contribution >= 0.6 is 11.3 Å². The molecule has 8 heteroatoms. The van der Waals surface area contributed by atoms with Crippen LogP contribution in [0.4, 0.5) is 11.8 Å². The molecular weight excluding hydrogens is 372 g/mol. The van der Waals surface area contributed by atoms with Gasteiger partial charge < -0.3 is 19.6 Å². The minimum atomic E-state index is 0.140. The summed E-state index contributed by atoms with van der Waals surface area (Å²) in [7, 11) is 2.16. The van der Waals surface area contributed by atoms with E-state index < -0.39 is 0 Å². The van der Waals surface area contributed by atoms with Crippen LogP contribution in [0.15, 0.2) is 17.5 Å². The molecule has 2 fully saturated rings. The minimum absolute atomic E-state index is 0.140. The molecule has 0 radical (unpaired) electrons. The van der Waals surface area contributed by atoms with E-state index in [2.05, 4.69) is 32.8 Å². The second-order valence-corrected chi connectivity index (χ2v) is 8.64. The van der Waals surface area contributed by atoms with Crippen LogP contribution in [0.1, 0.15) is 20.9 Å². The molecule has 0 aliphatic carbocycles. The fourth-order valence-corrected chi connectivity index (χ4v) is 4.55. The molecule has 2 aliphatic heterocycles. The lowest BCUT2D eigenvalue weighted by molar-refractivity contribution is 0.0751. The van der Waals surface area contributed by atoms with Crippen LogP contribution in [-0.4, -0.2) is 85.1 Å². The van der Waals surface area contributed by atoms with Crippen LogP contribution in [0.5, 0.6) is 0 Å². The number of carbonyl (C=O) groups excluding carboxylic acids is 1. The standard InChI is InChI=1S/C20H28N6OS/c1-15-12-17(28-14-15)19(27)25-8-10-26(11-9-25)20-21-16(2)13-18(22-20)24-6-4-23(3)5-7-24/h12-14H,4-11H2,1-3H3. The number of carbonyl (C=O) groups is 1. The van der Waals surface area contributed by atoms with Crippen molar-refractivity contribution in [1.82, 2.24) is 19.8 Å². The van der Waals surface area contributed by atoms with Gasteiger partial charge in [0.05, 0.1) is 4.88 Å². The molecule has 4 heterocycles. The van der Waals surface area contributed by atoms with Crippen molar-refractivity contribution in [3.8, 4) is 0 Å². The Balaban J connectivity index is 1.42. The van der Waals surface area contributed by atoms with Gasteiger partial charge >= 0.3 is 0 Å². The summed E-state index contributed by atoms with van der Waals surface area (Å²) in [6, 6.07) is 4.05. The van der Waals surface area contributed by atoms with E-state index in [-0.39, 0.29) is 5.91 Å². The van der Waals surface area contributed by atoms with Crippen molar-refractivity contribution in [2.45, 2.75) is 13.8 Å². The summed E-state index contributed by atoms with van der Waals surface area (Å²) < 4.78 is 0. The van der Waals surface area contributed by atoms with Crippen molar-refractivity contribution in [3.05, 3.63) is 33.6 Å². The smallest absolute Gasteiger partial charge is 0.264 e. The molecule has 2 saturated heterocycles. The molecule has 4 rings (SSSR count). The normalized spacial score (nSPS) is 18.6. The van der Waals surface area contributed by atoms with Crippen LogP contribution in [-0.2, 0) is 0 Å². The monoisotopic (exact) mass is 400 g/mol. The molecule has 0 bridgehead atoms.